The van der Waals surface area contributed by atoms with Gasteiger partial charge in [0, 0.05) is 22.3 Å². The molecule has 2 nitrogen and oxygen atoms in total. The predicted octanol–water partition coefficient (Wildman–Crippen LogP) is 13.5. The minimum atomic E-state index is 1.01. The molecule has 1 aliphatic heterocycles. The van der Waals surface area contributed by atoms with Crippen LogP contribution in [-0.4, -0.2) is 4.70 Å². The molecule has 0 saturated carbocycles. The summed E-state index contributed by atoms with van der Waals surface area (Å²) in [7, 11) is 0. The monoisotopic (exact) mass is 597 g/mol. The maximum atomic E-state index is 12.2. The lowest BCUT2D eigenvalue weighted by Crippen LogP contribution is -2.06. The van der Waals surface area contributed by atoms with Gasteiger partial charge in [0.25, 0.3) is 0 Å². The highest BCUT2D eigenvalue weighted by Crippen LogP contribution is 2.45. The molecule has 3 rings (SSSR count). The third kappa shape index (κ3) is 9.27. The van der Waals surface area contributed by atoms with Gasteiger partial charge in [0.05, 0.1) is 0 Å². The van der Waals surface area contributed by atoms with Crippen LogP contribution in [0.3, 0.4) is 0 Å². The second-order valence-corrected chi connectivity index (χ2v) is 13.7. The molecular formula is C42H64N2. The summed E-state index contributed by atoms with van der Waals surface area (Å²) in [5, 5.41) is 0. The Morgan fingerprint density at radius 3 is 1.16 bits per heavy atom. The molecule has 2 aromatic rings. The number of allylic oxidation sites excluding steroid dienone is 2. The molecule has 0 radical (unpaired) electrons. The van der Waals surface area contributed by atoms with Crippen LogP contribution in [0.4, 0.5) is 0 Å². The highest BCUT2D eigenvalue weighted by Gasteiger charge is 2.35. The summed E-state index contributed by atoms with van der Waals surface area (Å²) in [5.74, 6) is 0. The van der Waals surface area contributed by atoms with Crippen LogP contribution in [0.15, 0.2) is 35.4 Å². The van der Waals surface area contributed by atoms with Crippen molar-refractivity contribution in [1.29, 1.82) is 0 Å². The van der Waals surface area contributed by atoms with E-state index in [2.05, 4.69) is 79.7 Å². The zero-order valence-corrected chi connectivity index (χ0v) is 29.9. The third-order valence-electron chi connectivity index (χ3n) is 9.92. The number of aryl methyl sites for hydroxylation is 4. The van der Waals surface area contributed by atoms with Gasteiger partial charge in [-0.05, 0) is 137 Å². The van der Waals surface area contributed by atoms with E-state index in [1.807, 2.05) is 0 Å². The van der Waals surface area contributed by atoms with E-state index in [4.69, 9.17) is 0 Å². The Morgan fingerprint density at radius 2 is 0.750 bits per heavy atom. The van der Waals surface area contributed by atoms with Crippen molar-refractivity contribution in [3.05, 3.63) is 85.5 Å². The second kappa shape index (κ2) is 18.5. The van der Waals surface area contributed by atoms with E-state index in [9.17, 15) is 5.53 Å². The fraction of sp³-hybridized carbons (Fsp3) is 0.619. The van der Waals surface area contributed by atoms with E-state index in [0.29, 0.717) is 0 Å². The van der Waals surface area contributed by atoms with E-state index in [0.717, 1.165) is 49.9 Å². The van der Waals surface area contributed by atoms with Gasteiger partial charge in [0.1, 0.15) is 0 Å². The van der Waals surface area contributed by atoms with Crippen molar-refractivity contribution in [3.63, 3.8) is 0 Å². The van der Waals surface area contributed by atoms with Gasteiger partial charge in [-0.2, -0.15) is 0 Å². The van der Waals surface area contributed by atoms with Gasteiger partial charge in [-0.25, -0.2) is 4.70 Å². The van der Waals surface area contributed by atoms with Gasteiger partial charge in [0.2, 0.25) is 11.4 Å². The molecule has 1 heterocycles. The number of rotatable bonds is 20. The van der Waals surface area contributed by atoms with Crippen LogP contribution in [0.25, 0.3) is 16.9 Å². The van der Waals surface area contributed by atoms with E-state index in [-0.39, 0.29) is 0 Å². The van der Waals surface area contributed by atoms with Crippen molar-refractivity contribution in [2.24, 2.45) is 0 Å². The Balaban J connectivity index is 2.10. The average Bonchev–Trinajstić information content (AvgIpc) is 3.26. The molecular weight excluding hydrogens is 532 g/mol. The summed E-state index contributed by atoms with van der Waals surface area (Å²) in [6.45, 7) is 18.2. The molecule has 0 atom stereocenters. The maximum absolute atomic E-state index is 12.2. The third-order valence-corrected chi connectivity index (χ3v) is 9.92. The van der Waals surface area contributed by atoms with E-state index >= 15 is 0 Å². The molecule has 242 valence electrons. The highest BCUT2D eigenvalue weighted by molar-refractivity contribution is 5.82. The van der Waals surface area contributed by atoms with Gasteiger partial charge in [0.15, 0.2) is 0 Å². The number of hydrogen-bond acceptors (Lipinski definition) is 0. The van der Waals surface area contributed by atoms with E-state index in [1.165, 1.54) is 133 Å². The summed E-state index contributed by atoms with van der Waals surface area (Å²) in [5.41, 5.74) is 27.8. The first-order valence-corrected chi connectivity index (χ1v) is 18.4. The van der Waals surface area contributed by atoms with Gasteiger partial charge in [-0.1, -0.05) is 91.9 Å². The molecule has 0 amide bonds. The zero-order chi connectivity index (χ0) is 32.1. The van der Waals surface area contributed by atoms with E-state index in [1.54, 1.807) is 4.70 Å². The van der Waals surface area contributed by atoms with Gasteiger partial charge in [-0.3, -0.25) is 0 Å². The van der Waals surface area contributed by atoms with Crippen LogP contribution in [0, 0.1) is 27.7 Å². The smallest absolute Gasteiger partial charge is 0.211 e. The van der Waals surface area contributed by atoms with Crippen LogP contribution in [0.2, 0.25) is 0 Å². The molecule has 44 heavy (non-hydrogen) atoms. The number of hydrogen-bond donors (Lipinski definition) is 0. The number of nitrogens with zero attached hydrogens (tertiary/aromatic N) is 2. The quantitative estimate of drug-likeness (QED) is 0.107. The first-order chi connectivity index (χ1) is 21.3. The van der Waals surface area contributed by atoms with Gasteiger partial charge >= 0.3 is 0 Å². The number of benzene rings is 2. The Morgan fingerprint density at radius 1 is 0.432 bits per heavy atom. The standard InChI is InChI=1S/C42H64N2/c1-9-13-17-18-19-22-26-40-39(23-16-12-4)41(35-27-31(5)37(32(6)28-35)24-20-14-10-2)44(43)42(40)36-29-33(7)38(34(8)30-36)25-21-15-11-3/h27-30H,9-26H2,1-8H3. The van der Waals surface area contributed by atoms with Crippen molar-refractivity contribution in [3.8, 4) is 0 Å². The molecule has 0 spiro atoms. The van der Waals surface area contributed by atoms with Crippen molar-refractivity contribution in [1.82, 2.24) is 0 Å². The molecule has 0 aliphatic carbocycles. The molecule has 2 aromatic carbocycles. The summed E-state index contributed by atoms with van der Waals surface area (Å²) in [4.78, 5) is 0. The van der Waals surface area contributed by atoms with Crippen LogP contribution < -0.4 is 0 Å². The average molecular weight is 597 g/mol. The maximum Gasteiger partial charge on any atom is 0.211 e. The Bertz CT molecular complexity index is 1260. The van der Waals surface area contributed by atoms with Gasteiger partial charge in [-0.15, -0.1) is 0 Å². The summed E-state index contributed by atoms with van der Waals surface area (Å²) < 4.78 is 1.60. The molecule has 2 heteroatoms. The lowest BCUT2D eigenvalue weighted by molar-refractivity contribution is -0.345. The molecule has 0 N–H and O–H groups in total. The zero-order valence-electron chi connectivity index (χ0n) is 29.9. The van der Waals surface area contributed by atoms with Crippen molar-refractivity contribution < 1.29 is 4.70 Å². The highest BCUT2D eigenvalue weighted by atomic mass is 15.2. The first kappa shape index (κ1) is 36.0. The van der Waals surface area contributed by atoms with Crippen molar-refractivity contribution in [2.45, 2.75) is 171 Å². The topological polar surface area (TPSA) is 25.3 Å². The van der Waals surface area contributed by atoms with Crippen LogP contribution in [0.5, 0.6) is 0 Å². The molecule has 0 saturated heterocycles. The van der Waals surface area contributed by atoms with Crippen LogP contribution in [-0.2, 0) is 12.8 Å². The Labute approximate surface area is 271 Å². The largest absolute Gasteiger partial charge is 0.493 e. The summed E-state index contributed by atoms with van der Waals surface area (Å²) >= 11 is 0. The summed E-state index contributed by atoms with van der Waals surface area (Å²) in [6, 6.07) is 9.44. The predicted molar refractivity (Wildman–Crippen MR) is 193 cm³/mol. The molecule has 1 aliphatic rings. The Hall–Kier alpha value is -2.48. The molecule has 0 aromatic heterocycles. The first-order valence-electron chi connectivity index (χ1n) is 18.4. The van der Waals surface area contributed by atoms with Crippen molar-refractivity contribution >= 4 is 11.4 Å². The van der Waals surface area contributed by atoms with Gasteiger partial charge < -0.3 is 5.53 Å². The second-order valence-electron chi connectivity index (χ2n) is 13.7. The van der Waals surface area contributed by atoms with Crippen LogP contribution in [0.1, 0.15) is 175 Å². The molecule has 0 fully saturated rings. The summed E-state index contributed by atoms with van der Waals surface area (Å²) in [6.07, 6.45) is 21.9. The van der Waals surface area contributed by atoms with Crippen molar-refractivity contribution in [2.75, 3.05) is 0 Å². The normalized spacial score (nSPS) is 13.6. The fourth-order valence-corrected chi connectivity index (χ4v) is 7.37. The minimum absolute atomic E-state index is 1.01. The minimum Gasteiger partial charge on any atom is -0.493 e. The Kier molecular flexibility index (Phi) is 15.1. The lowest BCUT2D eigenvalue weighted by Gasteiger charge is -2.16. The SMILES string of the molecule is CCCCCCCCC1=C(c2cc(C)c(CCCCC)c(C)c2)[N+](=[N-])C(c2cc(C)c(CCCCC)c(C)c2)=C1CCCC. The fourth-order valence-electron chi connectivity index (χ4n) is 7.37. The lowest BCUT2D eigenvalue weighted by atomic mass is 9.89. The van der Waals surface area contributed by atoms with E-state index < -0.39 is 0 Å². The van der Waals surface area contributed by atoms with Crippen LogP contribution >= 0.6 is 0 Å². The molecule has 0 bridgehead atoms. The molecule has 0 unspecified atom stereocenters. The number of unbranched alkanes of at least 4 members (excludes halogenated alkanes) is 10.